The SMILES string of the molecule is Cc1cc[c-]cc1.[CH2-]CC.[Ru+2]. The van der Waals surface area contributed by atoms with E-state index in [1.807, 2.05) is 31.2 Å². The molecule has 1 aromatic rings. The molecule has 1 rings (SSSR count). The molecule has 62 valence electrons. The molecular weight excluding hydrogens is 221 g/mol. The van der Waals surface area contributed by atoms with Crippen molar-refractivity contribution >= 4 is 0 Å². The van der Waals surface area contributed by atoms with Crippen molar-refractivity contribution in [3.63, 3.8) is 0 Å². The van der Waals surface area contributed by atoms with Crippen molar-refractivity contribution in [2.75, 3.05) is 0 Å². The van der Waals surface area contributed by atoms with Crippen LogP contribution >= 0.6 is 0 Å². The van der Waals surface area contributed by atoms with E-state index in [9.17, 15) is 0 Å². The molecular formula is C10H14Ru. The van der Waals surface area contributed by atoms with Gasteiger partial charge in [-0.2, -0.15) is 42.3 Å². The molecule has 0 heterocycles. The number of hydrogen-bond donors (Lipinski definition) is 0. The Kier molecular flexibility index (Phi) is 12.0. The number of aryl methyl sites for hydroxylation is 1. The van der Waals surface area contributed by atoms with E-state index in [-0.39, 0.29) is 19.5 Å². The molecule has 0 aromatic heterocycles. The van der Waals surface area contributed by atoms with Gasteiger partial charge in [-0.3, -0.25) is 0 Å². The molecule has 0 aliphatic carbocycles. The fourth-order valence-electron chi connectivity index (χ4n) is 0.470. The van der Waals surface area contributed by atoms with Crippen LogP contribution in [0, 0.1) is 19.9 Å². The average molecular weight is 235 g/mol. The van der Waals surface area contributed by atoms with Gasteiger partial charge in [-0.1, -0.05) is 13.8 Å². The number of hydrogen-bond acceptors (Lipinski definition) is 0. The first-order chi connectivity index (χ1) is 4.81. The Balaban J connectivity index is 0. The van der Waals surface area contributed by atoms with Gasteiger partial charge in [0.15, 0.2) is 0 Å². The second kappa shape index (κ2) is 9.84. The van der Waals surface area contributed by atoms with Crippen molar-refractivity contribution in [3.8, 4) is 0 Å². The summed E-state index contributed by atoms with van der Waals surface area (Å²) in [6, 6.07) is 10.8. The fourth-order valence-corrected chi connectivity index (χ4v) is 0.470. The normalized spacial score (nSPS) is 7.18. The minimum absolute atomic E-state index is 0. The molecule has 0 bridgehead atoms. The molecule has 1 aromatic carbocycles. The van der Waals surface area contributed by atoms with Gasteiger partial charge < -0.3 is 6.92 Å². The number of benzene rings is 1. The van der Waals surface area contributed by atoms with E-state index in [4.69, 9.17) is 0 Å². The largest absolute Gasteiger partial charge is 2.00 e. The second-order valence-corrected chi connectivity index (χ2v) is 2.08. The molecule has 0 N–H and O–H groups in total. The average Bonchev–Trinajstić information content (AvgIpc) is 1.91. The molecule has 1 heteroatoms. The van der Waals surface area contributed by atoms with Crippen LogP contribution in [0.3, 0.4) is 0 Å². The molecule has 0 atom stereocenters. The van der Waals surface area contributed by atoms with E-state index >= 15 is 0 Å². The first-order valence-corrected chi connectivity index (χ1v) is 3.53. The molecule has 0 unspecified atom stereocenters. The molecule has 0 aliphatic heterocycles. The summed E-state index contributed by atoms with van der Waals surface area (Å²) < 4.78 is 0. The van der Waals surface area contributed by atoms with Gasteiger partial charge in [0.2, 0.25) is 0 Å². The van der Waals surface area contributed by atoms with Crippen molar-refractivity contribution < 1.29 is 19.5 Å². The third kappa shape index (κ3) is 9.84. The Morgan fingerprint density at radius 2 is 1.73 bits per heavy atom. The van der Waals surface area contributed by atoms with Gasteiger partial charge >= 0.3 is 19.5 Å². The Labute approximate surface area is 82.8 Å². The summed E-state index contributed by atoms with van der Waals surface area (Å²) in [5.41, 5.74) is 1.29. The Bertz CT molecular complexity index is 146. The predicted octanol–water partition coefficient (Wildman–Crippen LogP) is 3.02. The van der Waals surface area contributed by atoms with Crippen molar-refractivity contribution in [2.45, 2.75) is 20.3 Å². The van der Waals surface area contributed by atoms with Gasteiger partial charge in [0.1, 0.15) is 0 Å². The summed E-state index contributed by atoms with van der Waals surface area (Å²) in [7, 11) is 0. The van der Waals surface area contributed by atoms with Gasteiger partial charge in [-0.15, -0.1) is 0 Å². The van der Waals surface area contributed by atoms with E-state index in [1.54, 1.807) is 0 Å². The maximum Gasteiger partial charge on any atom is 2.00 e. The monoisotopic (exact) mass is 236 g/mol. The van der Waals surface area contributed by atoms with Crippen LogP contribution in [0.2, 0.25) is 0 Å². The van der Waals surface area contributed by atoms with Gasteiger partial charge in [0.05, 0.1) is 0 Å². The van der Waals surface area contributed by atoms with Gasteiger partial charge in [-0.25, -0.2) is 0 Å². The first-order valence-electron chi connectivity index (χ1n) is 3.53. The summed E-state index contributed by atoms with van der Waals surface area (Å²) in [6.45, 7) is 7.56. The van der Waals surface area contributed by atoms with Crippen LogP contribution in [0.4, 0.5) is 0 Å². The molecule has 0 nitrogen and oxygen atoms in total. The second-order valence-electron chi connectivity index (χ2n) is 2.08. The van der Waals surface area contributed by atoms with Crippen molar-refractivity contribution in [2.24, 2.45) is 0 Å². The zero-order chi connectivity index (χ0) is 7.82. The van der Waals surface area contributed by atoms with Gasteiger partial charge in [0.25, 0.3) is 0 Å². The molecule has 0 amide bonds. The van der Waals surface area contributed by atoms with E-state index in [0.717, 1.165) is 6.42 Å². The molecule has 0 saturated carbocycles. The van der Waals surface area contributed by atoms with E-state index in [1.165, 1.54) is 5.56 Å². The maximum absolute atomic E-state index is 3.49. The van der Waals surface area contributed by atoms with Crippen LogP contribution in [-0.2, 0) is 19.5 Å². The topological polar surface area (TPSA) is 0 Å². The van der Waals surface area contributed by atoms with Crippen LogP contribution in [0.1, 0.15) is 18.9 Å². The summed E-state index contributed by atoms with van der Waals surface area (Å²) in [5, 5.41) is 0. The molecule has 0 radical (unpaired) electrons. The third-order valence-corrected chi connectivity index (χ3v) is 0.885. The van der Waals surface area contributed by atoms with Crippen LogP contribution in [0.25, 0.3) is 0 Å². The Morgan fingerprint density at radius 3 is 1.91 bits per heavy atom. The predicted molar refractivity (Wildman–Crippen MR) is 45.7 cm³/mol. The molecule has 0 aliphatic rings. The van der Waals surface area contributed by atoms with Crippen LogP contribution in [-0.4, -0.2) is 0 Å². The van der Waals surface area contributed by atoms with E-state index in [0.29, 0.717) is 0 Å². The van der Waals surface area contributed by atoms with Crippen molar-refractivity contribution in [1.29, 1.82) is 0 Å². The van der Waals surface area contributed by atoms with Crippen LogP contribution in [0.5, 0.6) is 0 Å². The molecule has 11 heavy (non-hydrogen) atoms. The van der Waals surface area contributed by atoms with Crippen molar-refractivity contribution in [1.82, 2.24) is 0 Å². The van der Waals surface area contributed by atoms with Gasteiger partial charge in [-0.05, 0) is 0 Å². The maximum atomic E-state index is 3.49. The van der Waals surface area contributed by atoms with Crippen LogP contribution < -0.4 is 0 Å². The quantitative estimate of drug-likeness (QED) is 0.479. The molecule has 0 saturated heterocycles. The zero-order valence-electron chi connectivity index (χ0n) is 7.08. The van der Waals surface area contributed by atoms with Crippen molar-refractivity contribution in [3.05, 3.63) is 42.8 Å². The Hall–Kier alpha value is -0.157. The Morgan fingerprint density at radius 1 is 1.36 bits per heavy atom. The molecule has 0 fully saturated rings. The van der Waals surface area contributed by atoms with E-state index < -0.39 is 0 Å². The first kappa shape index (κ1) is 13.4. The molecule has 0 spiro atoms. The fraction of sp³-hybridized carbons (Fsp3) is 0.300. The van der Waals surface area contributed by atoms with Gasteiger partial charge in [0, 0.05) is 0 Å². The summed E-state index contributed by atoms with van der Waals surface area (Å²) in [4.78, 5) is 0. The summed E-state index contributed by atoms with van der Waals surface area (Å²) in [6.07, 6.45) is 1.00. The zero-order valence-corrected chi connectivity index (χ0v) is 8.82. The number of rotatable bonds is 0. The minimum Gasteiger partial charge on any atom is -0.344 e. The smallest absolute Gasteiger partial charge is 0.344 e. The third-order valence-electron chi connectivity index (χ3n) is 0.885. The van der Waals surface area contributed by atoms with Crippen LogP contribution in [0.15, 0.2) is 24.3 Å². The standard InChI is InChI=1S/C7H7.C3H7.Ru/c1-7-5-3-2-4-6-7;1-3-2;/h3-6H,1H3;1,3H2,2H3;/q2*-1;+2. The minimum atomic E-state index is 0. The summed E-state index contributed by atoms with van der Waals surface area (Å²) >= 11 is 0. The summed E-state index contributed by atoms with van der Waals surface area (Å²) in [5.74, 6) is 0. The van der Waals surface area contributed by atoms with E-state index in [2.05, 4.69) is 19.9 Å².